The van der Waals surface area contributed by atoms with Gasteiger partial charge < -0.3 is 4.74 Å². The Balaban J connectivity index is 2.05. The number of thiophene rings is 1. The summed E-state index contributed by atoms with van der Waals surface area (Å²) in [5.41, 5.74) is 1.19. The minimum Gasteiger partial charge on any atom is -0.453 e. The number of benzene rings is 1. The summed E-state index contributed by atoms with van der Waals surface area (Å²) in [6.07, 6.45) is 0. The molecule has 2 rings (SSSR count). The Bertz CT molecular complexity index is 588. The molecule has 1 aromatic carbocycles. The average molecular weight is 256 g/mol. The van der Waals surface area contributed by atoms with Crippen LogP contribution in [-0.4, -0.2) is 12.6 Å². The molecule has 2 nitrogen and oxygen atoms in total. The quantitative estimate of drug-likeness (QED) is 0.608. The fourth-order valence-corrected chi connectivity index (χ4v) is 2.31. The largest absolute Gasteiger partial charge is 0.453 e. The third-order valence-corrected chi connectivity index (χ3v) is 3.27. The van der Waals surface area contributed by atoms with Gasteiger partial charge in [0.15, 0.2) is 6.61 Å². The molecule has 3 heteroatoms. The summed E-state index contributed by atoms with van der Waals surface area (Å²) in [6, 6.07) is 14.2. The van der Waals surface area contributed by atoms with Crippen molar-refractivity contribution in [2.75, 3.05) is 6.61 Å². The zero-order chi connectivity index (χ0) is 12.8. The molecule has 0 radical (unpaired) electrons. The normalized spacial score (nSPS) is 9.39. The van der Waals surface area contributed by atoms with Crippen LogP contribution in [0.5, 0.6) is 0 Å². The number of carbonyl (C=O) groups excluding carboxylic acids is 1. The number of carbonyl (C=O) groups is 1. The second-order valence-corrected chi connectivity index (χ2v) is 4.70. The van der Waals surface area contributed by atoms with Crippen LogP contribution < -0.4 is 0 Å². The smallest absolute Gasteiger partial charge is 0.303 e. The summed E-state index contributed by atoms with van der Waals surface area (Å²) in [4.78, 5) is 12.7. The van der Waals surface area contributed by atoms with E-state index < -0.39 is 0 Å². The molecule has 0 N–H and O–H groups in total. The molecule has 0 aliphatic carbocycles. The average Bonchev–Trinajstić information content (AvgIpc) is 2.84. The summed E-state index contributed by atoms with van der Waals surface area (Å²) in [5.74, 6) is 5.49. The lowest BCUT2D eigenvalue weighted by Gasteiger charge is -1.93. The number of rotatable bonds is 2. The van der Waals surface area contributed by atoms with Crippen LogP contribution in [-0.2, 0) is 9.53 Å². The van der Waals surface area contributed by atoms with Crippen LogP contribution in [0.2, 0.25) is 0 Å². The van der Waals surface area contributed by atoms with Crippen molar-refractivity contribution < 1.29 is 9.53 Å². The van der Waals surface area contributed by atoms with Crippen LogP contribution in [0.25, 0.3) is 10.4 Å². The van der Waals surface area contributed by atoms with Gasteiger partial charge in [0.1, 0.15) is 0 Å². The first kappa shape index (κ1) is 12.4. The maximum atomic E-state index is 10.6. The molecule has 1 aromatic heterocycles. The van der Waals surface area contributed by atoms with Crippen molar-refractivity contribution in [3.8, 4) is 22.3 Å². The molecule has 0 aliphatic heterocycles. The predicted octanol–water partition coefficient (Wildman–Crippen LogP) is 3.33. The van der Waals surface area contributed by atoms with E-state index in [9.17, 15) is 4.79 Å². The molecular formula is C15H12O2S. The number of hydrogen-bond donors (Lipinski definition) is 0. The van der Waals surface area contributed by atoms with E-state index in [0.717, 1.165) is 4.88 Å². The number of ether oxygens (including phenoxy) is 1. The highest BCUT2D eigenvalue weighted by Gasteiger charge is 1.99. The fraction of sp³-hybridized carbons (Fsp3) is 0.133. The van der Waals surface area contributed by atoms with Crippen molar-refractivity contribution in [1.29, 1.82) is 0 Å². The van der Waals surface area contributed by atoms with Gasteiger partial charge in [0, 0.05) is 11.8 Å². The molecule has 2 aromatic rings. The van der Waals surface area contributed by atoms with Crippen LogP contribution >= 0.6 is 11.3 Å². The zero-order valence-corrected chi connectivity index (χ0v) is 10.8. The van der Waals surface area contributed by atoms with Gasteiger partial charge >= 0.3 is 5.97 Å². The molecule has 0 saturated carbocycles. The van der Waals surface area contributed by atoms with Crippen molar-refractivity contribution in [3.05, 3.63) is 47.3 Å². The van der Waals surface area contributed by atoms with Crippen molar-refractivity contribution in [2.24, 2.45) is 0 Å². The predicted molar refractivity (Wildman–Crippen MR) is 73.3 cm³/mol. The zero-order valence-electron chi connectivity index (χ0n) is 9.97. The lowest BCUT2D eigenvalue weighted by Crippen LogP contribution is -1.97. The van der Waals surface area contributed by atoms with E-state index in [0.29, 0.717) is 0 Å². The van der Waals surface area contributed by atoms with Gasteiger partial charge in [0.25, 0.3) is 0 Å². The summed E-state index contributed by atoms with van der Waals surface area (Å²) < 4.78 is 4.75. The summed E-state index contributed by atoms with van der Waals surface area (Å²) in [7, 11) is 0. The first-order chi connectivity index (χ1) is 8.75. The maximum Gasteiger partial charge on any atom is 0.303 e. The lowest BCUT2D eigenvalue weighted by molar-refractivity contribution is -0.139. The summed E-state index contributed by atoms with van der Waals surface area (Å²) in [5, 5.41) is 0. The van der Waals surface area contributed by atoms with E-state index >= 15 is 0 Å². The molecular weight excluding hydrogens is 244 g/mol. The summed E-state index contributed by atoms with van der Waals surface area (Å²) in [6.45, 7) is 1.52. The minimum absolute atomic E-state index is 0.147. The van der Waals surface area contributed by atoms with Gasteiger partial charge in [-0.1, -0.05) is 42.2 Å². The van der Waals surface area contributed by atoms with E-state index in [1.165, 1.54) is 17.4 Å². The van der Waals surface area contributed by atoms with Gasteiger partial charge in [0.05, 0.1) is 4.88 Å². The Labute approximate surface area is 110 Å². The molecule has 0 amide bonds. The van der Waals surface area contributed by atoms with Crippen LogP contribution in [0.1, 0.15) is 11.8 Å². The van der Waals surface area contributed by atoms with Gasteiger partial charge in [0.2, 0.25) is 0 Å². The van der Waals surface area contributed by atoms with Gasteiger partial charge in [-0.15, -0.1) is 11.3 Å². The van der Waals surface area contributed by atoms with Crippen molar-refractivity contribution in [1.82, 2.24) is 0 Å². The topological polar surface area (TPSA) is 26.3 Å². The van der Waals surface area contributed by atoms with Crippen LogP contribution in [0.4, 0.5) is 0 Å². The second kappa shape index (κ2) is 6.04. The molecule has 0 unspecified atom stereocenters. The highest BCUT2D eigenvalue weighted by molar-refractivity contribution is 7.16. The number of hydrogen-bond acceptors (Lipinski definition) is 3. The van der Waals surface area contributed by atoms with Crippen LogP contribution in [0.15, 0.2) is 42.5 Å². The van der Waals surface area contributed by atoms with E-state index in [4.69, 9.17) is 4.74 Å². The molecule has 18 heavy (non-hydrogen) atoms. The molecule has 0 spiro atoms. The minimum atomic E-state index is -0.305. The van der Waals surface area contributed by atoms with E-state index in [1.807, 2.05) is 24.3 Å². The van der Waals surface area contributed by atoms with Gasteiger partial charge in [-0.25, -0.2) is 0 Å². The van der Waals surface area contributed by atoms with Crippen molar-refractivity contribution in [2.45, 2.75) is 6.92 Å². The third kappa shape index (κ3) is 3.47. The Kier molecular flexibility index (Phi) is 4.16. The summed E-state index contributed by atoms with van der Waals surface area (Å²) >= 11 is 1.63. The molecule has 0 fully saturated rings. The lowest BCUT2D eigenvalue weighted by atomic mass is 10.2. The van der Waals surface area contributed by atoms with E-state index in [-0.39, 0.29) is 12.6 Å². The standard InChI is InChI=1S/C15H12O2S/c1-12(16)17-11-5-8-14-9-10-15(18-14)13-6-3-2-4-7-13/h2-4,6-7,9-10H,11H2,1H3. The van der Waals surface area contributed by atoms with Gasteiger partial charge in [-0.2, -0.15) is 0 Å². The fourth-order valence-electron chi connectivity index (χ4n) is 1.42. The van der Waals surface area contributed by atoms with E-state index in [1.54, 1.807) is 11.3 Å². The molecule has 0 bridgehead atoms. The third-order valence-electron chi connectivity index (χ3n) is 2.22. The molecule has 1 heterocycles. The first-order valence-electron chi connectivity index (χ1n) is 5.53. The monoisotopic (exact) mass is 256 g/mol. The van der Waals surface area contributed by atoms with Crippen molar-refractivity contribution in [3.63, 3.8) is 0 Å². The highest BCUT2D eigenvalue weighted by atomic mass is 32.1. The van der Waals surface area contributed by atoms with Crippen LogP contribution in [0.3, 0.4) is 0 Å². The highest BCUT2D eigenvalue weighted by Crippen LogP contribution is 2.27. The van der Waals surface area contributed by atoms with Crippen LogP contribution in [0, 0.1) is 11.8 Å². The first-order valence-corrected chi connectivity index (χ1v) is 6.35. The SMILES string of the molecule is CC(=O)OCC#Cc1ccc(-c2ccccc2)s1. The Morgan fingerprint density at radius 2 is 2.00 bits per heavy atom. The molecule has 90 valence electrons. The Morgan fingerprint density at radius 3 is 2.72 bits per heavy atom. The maximum absolute atomic E-state index is 10.6. The van der Waals surface area contributed by atoms with Gasteiger partial charge in [-0.05, 0) is 17.7 Å². The molecule has 0 saturated heterocycles. The second-order valence-electron chi connectivity index (χ2n) is 3.61. The Hall–Kier alpha value is -2.05. The number of esters is 1. The molecule has 0 aliphatic rings. The van der Waals surface area contributed by atoms with Crippen molar-refractivity contribution >= 4 is 17.3 Å². The molecule has 0 atom stereocenters. The Morgan fingerprint density at radius 1 is 1.22 bits per heavy atom. The van der Waals surface area contributed by atoms with Gasteiger partial charge in [-0.3, -0.25) is 4.79 Å². The van der Waals surface area contributed by atoms with E-state index in [2.05, 4.69) is 30.0 Å².